The van der Waals surface area contributed by atoms with E-state index in [0.29, 0.717) is 0 Å². The van der Waals surface area contributed by atoms with Crippen molar-refractivity contribution >= 4 is 129 Å². The molecule has 0 heteroatoms. The Balaban J connectivity index is 0.000000112. The lowest BCUT2D eigenvalue weighted by atomic mass is 9.88. The first-order valence-electron chi connectivity index (χ1n) is 44.9. The molecule has 24 aromatic rings. The molecule has 0 aliphatic carbocycles. The summed E-state index contributed by atoms with van der Waals surface area (Å²) in [6.07, 6.45) is 0. The van der Waals surface area contributed by atoms with Crippen molar-refractivity contribution in [3.63, 3.8) is 0 Å². The Morgan fingerprint density at radius 1 is 0.110 bits per heavy atom. The number of fused-ring (bicyclic) bond motifs is 12. The van der Waals surface area contributed by atoms with Crippen molar-refractivity contribution in [1.29, 1.82) is 0 Å². The van der Waals surface area contributed by atoms with E-state index in [1.807, 2.05) is 41.5 Å². The van der Waals surface area contributed by atoms with Gasteiger partial charge in [0, 0.05) is 0 Å². The van der Waals surface area contributed by atoms with Crippen molar-refractivity contribution in [2.24, 2.45) is 0 Å². The van der Waals surface area contributed by atoms with Crippen molar-refractivity contribution in [2.45, 2.75) is 48.5 Å². The summed E-state index contributed by atoms with van der Waals surface area (Å²) >= 11 is 0. The van der Waals surface area contributed by atoms with Crippen molar-refractivity contribution in [3.8, 4) is 89.0 Å². The molecule has 0 radical (unpaired) electrons. The molecule has 0 saturated carbocycles. The fourth-order valence-electron chi connectivity index (χ4n) is 18.8. The fraction of sp³-hybridized carbons (Fsp3) is 0.0551. The minimum atomic E-state index is 1.25. The van der Waals surface area contributed by atoms with Gasteiger partial charge in [-0.1, -0.05) is 503 Å². The van der Waals surface area contributed by atoms with Crippen LogP contribution in [0.2, 0.25) is 0 Å². The van der Waals surface area contributed by atoms with E-state index in [1.165, 1.54) is 224 Å². The van der Waals surface area contributed by atoms with Gasteiger partial charge in [0.1, 0.15) is 0 Å². The molecule has 0 N–H and O–H groups in total. The first kappa shape index (κ1) is 82.4. The van der Waals surface area contributed by atoms with Crippen LogP contribution in [0, 0.1) is 6.92 Å². The van der Waals surface area contributed by atoms with Crippen LogP contribution in [0.5, 0.6) is 0 Å². The first-order chi connectivity index (χ1) is 63.0. The quantitative estimate of drug-likeness (QED) is 0.133. The van der Waals surface area contributed by atoms with Crippen LogP contribution < -0.4 is 0 Å². The van der Waals surface area contributed by atoms with Gasteiger partial charge in [0.2, 0.25) is 0 Å². The average Bonchev–Trinajstić information content (AvgIpc) is 0.744. The molecule has 0 aliphatic rings. The van der Waals surface area contributed by atoms with E-state index in [0.717, 1.165) is 0 Å². The van der Waals surface area contributed by atoms with E-state index in [4.69, 9.17) is 0 Å². The molecule has 0 aliphatic heterocycles. The molecular formula is C127H100. The highest BCUT2D eigenvalue weighted by Gasteiger charge is 2.18. The third-order valence-electron chi connectivity index (χ3n) is 24.6. The second-order valence-electron chi connectivity index (χ2n) is 31.6. The monoisotopic (exact) mass is 1620 g/mol. The summed E-state index contributed by atoms with van der Waals surface area (Å²) in [5, 5.41) is 31.1. The van der Waals surface area contributed by atoms with E-state index < -0.39 is 0 Å². The van der Waals surface area contributed by atoms with Crippen LogP contribution in [-0.2, 0) is 0 Å². The maximum atomic E-state index is 2.29. The molecule has 24 aromatic carbocycles. The van der Waals surface area contributed by atoms with Crippen LogP contribution in [0.15, 0.2) is 479 Å². The minimum absolute atomic E-state index is 1.25. The molecule has 0 heterocycles. The number of hydrogen-bond acceptors (Lipinski definition) is 0. The molecule has 0 spiro atoms. The molecule has 24 rings (SSSR count). The Kier molecular flexibility index (Phi) is 24.7. The van der Waals surface area contributed by atoms with Crippen LogP contribution in [0.25, 0.3) is 218 Å². The van der Waals surface area contributed by atoms with Gasteiger partial charge in [0.05, 0.1) is 0 Å². The number of aryl methyl sites for hydroxylation is 1. The Morgan fingerprint density at radius 2 is 0.252 bits per heavy atom. The van der Waals surface area contributed by atoms with Gasteiger partial charge in [-0.15, -0.1) is 0 Å². The number of benzene rings is 24. The van der Waals surface area contributed by atoms with Gasteiger partial charge >= 0.3 is 0 Å². The Hall–Kier alpha value is -15.6. The lowest BCUT2D eigenvalue weighted by Crippen LogP contribution is -1.89. The molecule has 0 bridgehead atoms. The SMILES string of the molecule is CC.CC.CC.Cc1c2ccccc2c(-c2ccc(-c3cccc4ccccc34)cc2)c2ccccc12.c1ccc2c(-c3ccc(-c4c5ccccc5cc5ccccc45)cc3)cccc2c1.c1ccc2c(-c3ccc(-c4c5ccccc5cc5ccccc45)cc3)cccc2c1.c1ccc2c(-c3ccc(-c4c5ccccc5cc5ccccc45)cc3)cccc2c1. The van der Waals surface area contributed by atoms with Gasteiger partial charge in [-0.25, -0.2) is 0 Å². The number of rotatable bonds is 8. The van der Waals surface area contributed by atoms with E-state index in [2.05, 4.69) is 486 Å². The minimum Gasteiger partial charge on any atom is -0.0683 e. The summed E-state index contributed by atoms with van der Waals surface area (Å²) in [6.45, 7) is 14.2. The molecule has 608 valence electrons. The summed E-state index contributed by atoms with van der Waals surface area (Å²) in [4.78, 5) is 0. The highest BCUT2D eigenvalue weighted by atomic mass is 14.2. The van der Waals surface area contributed by atoms with Crippen LogP contribution in [0.4, 0.5) is 0 Å². The van der Waals surface area contributed by atoms with Gasteiger partial charge in [0.15, 0.2) is 0 Å². The van der Waals surface area contributed by atoms with E-state index in [9.17, 15) is 0 Å². The molecule has 0 saturated heterocycles. The zero-order valence-electron chi connectivity index (χ0n) is 73.1. The van der Waals surface area contributed by atoms with Crippen molar-refractivity contribution < 1.29 is 0 Å². The summed E-state index contributed by atoms with van der Waals surface area (Å²) in [7, 11) is 0. The second kappa shape index (κ2) is 38.0. The van der Waals surface area contributed by atoms with Crippen LogP contribution in [0.3, 0.4) is 0 Å². The summed E-state index contributed by atoms with van der Waals surface area (Å²) in [6, 6.07) is 173. The normalized spacial score (nSPS) is 11.0. The lowest BCUT2D eigenvalue weighted by Gasteiger charge is -2.15. The molecular weight excluding hydrogens is 1530 g/mol. The average molecular weight is 1630 g/mol. The highest BCUT2D eigenvalue weighted by molar-refractivity contribution is 6.18. The molecule has 0 amide bonds. The van der Waals surface area contributed by atoms with Crippen molar-refractivity contribution in [3.05, 3.63) is 485 Å². The first-order valence-corrected chi connectivity index (χ1v) is 44.9. The molecule has 0 fully saturated rings. The maximum Gasteiger partial charge on any atom is -0.00266 e. The van der Waals surface area contributed by atoms with Crippen molar-refractivity contribution in [2.75, 3.05) is 0 Å². The molecule has 127 heavy (non-hydrogen) atoms. The fourth-order valence-corrected chi connectivity index (χ4v) is 18.8. The zero-order chi connectivity index (χ0) is 86.5. The van der Waals surface area contributed by atoms with Gasteiger partial charge in [0.25, 0.3) is 0 Å². The van der Waals surface area contributed by atoms with Gasteiger partial charge in [-0.05, 0) is 249 Å². The Bertz CT molecular complexity index is 7240. The zero-order valence-corrected chi connectivity index (χ0v) is 73.1. The van der Waals surface area contributed by atoms with Gasteiger partial charge in [-0.2, -0.15) is 0 Å². The highest BCUT2D eigenvalue weighted by Crippen LogP contribution is 2.45. The third-order valence-corrected chi connectivity index (χ3v) is 24.6. The van der Waals surface area contributed by atoms with Crippen molar-refractivity contribution in [1.82, 2.24) is 0 Å². The molecule has 0 nitrogen and oxygen atoms in total. The lowest BCUT2D eigenvalue weighted by molar-refractivity contribution is 1.50. The molecule has 0 aromatic heterocycles. The standard InChI is InChI=1S/C31H22.3C30H20.3C2H6/c1-21-25-11-4-6-14-29(25)31(30-15-7-5-12-26(21)30)24-19-17-23(18-20-24)28-16-8-10-22-9-2-3-13-27(22)28;3*1-4-12-26-21(8-1)11-7-15-27(26)22-16-18-23(19-17-22)30-28-13-5-2-9-24(28)20-25-10-3-6-14-29(25)30;3*1-2/h2-20H,1H3;3*1-20H;3*1-2H3. The van der Waals surface area contributed by atoms with E-state index >= 15 is 0 Å². The second-order valence-corrected chi connectivity index (χ2v) is 31.6. The molecule has 0 unspecified atom stereocenters. The van der Waals surface area contributed by atoms with Crippen LogP contribution in [-0.4, -0.2) is 0 Å². The summed E-state index contributed by atoms with van der Waals surface area (Å²) in [5.74, 6) is 0. The summed E-state index contributed by atoms with van der Waals surface area (Å²) in [5.41, 5.74) is 21.8. The largest absolute Gasteiger partial charge is 0.0683 e. The maximum absolute atomic E-state index is 2.29. The topological polar surface area (TPSA) is 0 Å². The Morgan fingerprint density at radius 3 is 0.457 bits per heavy atom. The van der Waals surface area contributed by atoms with E-state index in [1.54, 1.807) is 0 Å². The predicted molar refractivity (Wildman–Crippen MR) is 558 cm³/mol. The van der Waals surface area contributed by atoms with Crippen LogP contribution >= 0.6 is 0 Å². The van der Waals surface area contributed by atoms with Gasteiger partial charge < -0.3 is 0 Å². The van der Waals surface area contributed by atoms with Gasteiger partial charge in [-0.3, -0.25) is 0 Å². The summed E-state index contributed by atoms with van der Waals surface area (Å²) < 4.78 is 0. The Labute approximate surface area is 746 Å². The number of hydrogen-bond donors (Lipinski definition) is 0. The third kappa shape index (κ3) is 16.5. The predicted octanol–water partition coefficient (Wildman–Crippen LogP) is 37.3. The molecule has 0 atom stereocenters. The van der Waals surface area contributed by atoms with Crippen LogP contribution in [0.1, 0.15) is 47.1 Å². The van der Waals surface area contributed by atoms with E-state index in [-0.39, 0.29) is 0 Å². The smallest absolute Gasteiger partial charge is 0.00266 e.